The summed E-state index contributed by atoms with van der Waals surface area (Å²) in [5.74, 6) is -1.78. The number of rotatable bonds is 8. The van der Waals surface area contributed by atoms with Crippen molar-refractivity contribution in [2.75, 3.05) is 71.2 Å². The monoisotopic (exact) mass is 1230 g/mol. The van der Waals surface area contributed by atoms with E-state index in [1.165, 1.54) is 25.7 Å². The summed E-state index contributed by atoms with van der Waals surface area (Å²) in [7, 11) is 0. The van der Waals surface area contributed by atoms with Gasteiger partial charge in [0.2, 0.25) is 0 Å². The highest BCUT2D eigenvalue weighted by Gasteiger charge is 2.34. The number of fused-ring (bicyclic) bond motifs is 6. The Balaban J connectivity index is 0.903. The second kappa shape index (κ2) is 23.5. The second-order valence-electron chi connectivity index (χ2n) is 22.7. The van der Waals surface area contributed by atoms with Gasteiger partial charge in [0.25, 0.3) is 17.7 Å². The summed E-state index contributed by atoms with van der Waals surface area (Å²) >= 11 is 0. The summed E-state index contributed by atoms with van der Waals surface area (Å²) in [6.45, 7) is 6.07. The molecular formula is C62H59F2N21O6. The molecule has 1 fully saturated rings. The average Bonchev–Trinajstić information content (AvgIpc) is 1.69. The third-order valence-corrected chi connectivity index (χ3v) is 16.7. The SMILES string of the molecule is CCN1Cc2c(C#N)cccc2O[C@@H](Cc2cc3nc4c(c(N)nn24)C(=O)NC[C@H](C)Oc2ccc(F)c(C#N)c2CN3CC)CNC(=O)c2c(N)nn3c(C[C@H]4CNC(=O)c5c(N)nn6ccc(nc56)N(CC5CC5)Cc5c(ccc(F)c5C#N)O4)cc1nc23. The zero-order valence-electron chi connectivity index (χ0n) is 49.5. The first-order valence-corrected chi connectivity index (χ1v) is 29.6. The molecule has 1 aliphatic carbocycles. The van der Waals surface area contributed by atoms with Crippen LogP contribution in [0.15, 0.2) is 66.9 Å². The predicted molar refractivity (Wildman–Crippen MR) is 326 cm³/mol. The van der Waals surface area contributed by atoms with Gasteiger partial charge in [0, 0.05) is 87.1 Å². The molecule has 462 valence electrons. The van der Waals surface area contributed by atoms with Crippen LogP contribution in [-0.4, -0.2) is 119 Å². The number of ether oxygens (including phenoxy) is 3. The van der Waals surface area contributed by atoms with Gasteiger partial charge in [-0.1, -0.05) is 6.07 Å². The average molecular weight is 1230 g/mol. The first kappa shape index (κ1) is 58.5. The van der Waals surface area contributed by atoms with Gasteiger partial charge in [-0.15, -0.1) is 15.3 Å². The van der Waals surface area contributed by atoms with E-state index in [2.05, 4.69) is 38.3 Å². The van der Waals surface area contributed by atoms with Gasteiger partial charge in [-0.2, -0.15) is 15.8 Å². The van der Waals surface area contributed by atoms with Gasteiger partial charge in [0.15, 0.2) is 34.4 Å². The number of anilines is 6. The minimum absolute atomic E-state index is 0.00484. The normalized spacial score (nSPS) is 17.8. The Hall–Kier alpha value is -11.5. The lowest BCUT2D eigenvalue weighted by molar-refractivity contribution is 0.0921. The Morgan fingerprint density at radius 3 is 1.59 bits per heavy atom. The molecule has 91 heavy (non-hydrogen) atoms. The van der Waals surface area contributed by atoms with E-state index in [0.29, 0.717) is 41.0 Å². The smallest absolute Gasteiger partial charge is 0.259 e. The molecule has 3 atom stereocenters. The minimum atomic E-state index is -1.02. The van der Waals surface area contributed by atoms with E-state index in [1.807, 2.05) is 29.7 Å². The summed E-state index contributed by atoms with van der Waals surface area (Å²) in [6, 6.07) is 21.8. The number of nitrogens with one attached hydrogen (secondary N) is 3. The predicted octanol–water partition coefficient (Wildman–Crippen LogP) is 4.90. The molecule has 4 aliphatic rings. The van der Waals surface area contributed by atoms with Gasteiger partial charge in [-0.05, 0) is 82.0 Å². The Bertz CT molecular complexity index is 4620. The first-order valence-electron chi connectivity index (χ1n) is 29.6. The van der Waals surface area contributed by atoms with Crippen molar-refractivity contribution >= 4 is 69.6 Å². The van der Waals surface area contributed by atoms with Gasteiger partial charge in [0.05, 0.1) is 53.8 Å². The summed E-state index contributed by atoms with van der Waals surface area (Å²) < 4.78 is 55.6. The van der Waals surface area contributed by atoms with Crippen LogP contribution >= 0.6 is 0 Å². The molecular weight excluding hydrogens is 1170 g/mol. The van der Waals surface area contributed by atoms with E-state index < -0.39 is 47.7 Å². The van der Waals surface area contributed by atoms with Crippen LogP contribution in [0, 0.1) is 51.5 Å². The van der Waals surface area contributed by atoms with Crippen molar-refractivity contribution in [2.45, 2.75) is 84.4 Å². The maximum Gasteiger partial charge on any atom is 0.259 e. The lowest BCUT2D eigenvalue weighted by Gasteiger charge is -2.28. The van der Waals surface area contributed by atoms with Crippen LogP contribution in [0.1, 0.15) is 109 Å². The maximum absolute atomic E-state index is 15.9. The summed E-state index contributed by atoms with van der Waals surface area (Å²) in [6.07, 6.45) is 0.752. The number of nitrogen functional groups attached to an aromatic ring is 3. The quantitative estimate of drug-likeness (QED) is 0.118. The largest absolute Gasteiger partial charge is 0.488 e. The highest BCUT2D eigenvalue weighted by molar-refractivity contribution is 6.06. The zero-order chi connectivity index (χ0) is 63.5. The van der Waals surface area contributed by atoms with E-state index in [4.69, 9.17) is 51.5 Å². The number of hydrogen-bond acceptors (Lipinski definition) is 21. The van der Waals surface area contributed by atoms with Gasteiger partial charge in [0.1, 0.15) is 93.5 Å². The lowest BCUT2D eigenvalue weighted by atomic mass is 10.0. The Labute approximate surface area is 517 Å². The molecule has 3 aromatic carbocycles. The van der Waals surface area contributed by atoms with Crippen molar-refractivity contribution in [1.82, 2.24) is 59.7 Å². The summed E-state index contributed by atoms with van der Waals surface area (Å²) in [5.41, 5.74) is 21.5. The summed E-state index contributed by atoms with van der Waals surface area (Å²) in [4.78, 5) is 64.0. The van der Waals surface area contributed by atoms with Crippen molar-refractivity contribution in [1.29, 1.82) is 15.8 Å². The highest BCUT2D eigenvalue weighted by atomic mass is 19.1. The van der Waals surface area contributed by atoms with E-state index in [1.54, 1.807) is 54.4 Å². The molecule has 1 saturated carbocycles. The van der Waals surface area contributed by atoms with Crippen molar-refractivity contribution in [3.63, 3.8) is 0 Å². The number of nitrogens with zero attached hydrogens (tertiary/aromatic N) is 15. The molecule has 9 heterocycles. The lowest BCUT2D eigenvalue weighted by Crippen LogP contribution is -2.38. The molecule has 27 nitrogen and oxygen atoms in total. The van der Waals surface area contributed by atoms with Crippen LogP contribution < -0.4 is 62.1 Å². The minimum Gasteiger partial charge on any atom is -0.488 e. The van der Waals surface area contributed by atoms with Crippen LogP contribution in [0.5, 0.6) is 17.2 Å². The molecule has 9 aromatic rings. The van der Waals surface area contributed by atoms with Crippen LogP contribution in [-0.2, 0) is 32.5 Å². The Kier molecular flexibility index (Phi) is 15.1. The number of halogens is 2. The van der Waals surface area contributed by atoms with Crippen LogP contribution in [0.3, 0.4) is 0 Å². The molecule has 6 bridgehead atoms. The molecule has 0 radical (unpaired) electrons. The fourth-order valence-corrected chi connectivity index (χ4v) is 11.9. The van der Waals surface area contributed by atoms with E-state index in [9.17, 15) is 25.4 Å². The van der Waals surface area contributed by atoms with E-state index in [-0.39, 0.29) is 167 Å². The number of nitrogens with two attached hydrogens (primary N) is 3. The number of nitriles is 3. The number of benzene rings is 3. The van der Waals surface area contributed by atoms with Gasteiger partial charge >= 0.3 is 0 Å². The van der Waals surface area contributed by atoms with Crippen molar-refractivity contribution in [3.8, 4) is 35.5 Å². The van der Waals surface area contributed by atoms with Crippen LogP contribution in [0.2, 0.25) is 0 Å². The molecule has 29 heteroatoms. The molecule has 0 spiro atoms. The summed E-state index contributed by atoms with van der Waals surface area (Å²) in [5, 5.41) is 54.1. The number of carbonyl (C=O) groups is 3. The number of hydrogen-bond donors (Lipinski definition) is 6. The Morgan fingerprint density at radius 2 is 1.07 bits per heavy atom. The standard InChI is InChI=1S/C62H59F2N21O6/c1-4-80-28-40-33(21-65)7-6-8-45(40)90-36(17-34-20-50-76-58-52(55(69)78-84(34)58)61(87)71-24-31(3)89-46-13-11-43(63)38(22-66)41(46)29-81(50)5-2)25-73-62(88)53-56(70)79-85-35(19-49(80)75-59(53)85)18-37-26-72-60(86)51-54(68)77-83-16-15-48(74-57(51)83)82(27-32-9-10-32)30-42-39(23-67)44(64)12-14-47(42)91-37/h6-8,11-16,19-20,31-32,36-37H,4-5,9-10,17-18,24-30H2,1-3H3,(H2,68,77)(H2,69,78)(H2,70,79)(H,71,87)(H,72,86)(H,73,88)/t31-,36-,37-/m0/s1. The second-order valence-corrected chi connectivity index (χ2v) is 22.7. The number of amides is 3. The van der Waals surface area contributed by atoms with Crippen molar-refractivity contribution in [3.05, 3.63) is 140 Å². The van der Waals surface area contributed by atoms with Gasteiger partial charge in [-0.3, -0.25) is 14.4 Å². The van der Waals surface area contributed by atoms with Crippen molar-refractivity contribution < 1.29 is 37.4 Å². The maximum atomic E-state index is 15.9. The molecule has 0 unspecified atom stereocenters. The van der Waals surface area contributed by atoms with Crippen LogP contribution in [0.25, 0.3) is 16.9 Å². The first-order chi connectivity index (χ1) is 44.0. The third kappa shape index (κ3) is 10.9. The fraction of sp³-hybridized carbons (Fsp3) is 0.323. The van der Waals surface area contributed by atoms with E-state index in [0.717, 1.165) is 25.0 Å². The van der Waals surface area contributed by atoms with Crippen LogP contribution in [0.4, 0.5) is 43.7 Å². The van der Waals surface area contributed by atoms with Crippen molar-refractivity contribution in [2.24, 2.45) is 5.92 Å². The molecule has 0 saturated heterocycles. The Morgan fingerprint density at radius 1 is 0.582 bits per heavy atom. The molecule has 9 N–H and O–H groups in total. The molecule has 13 rings (SSSR count). The highest BCUT2D eigenvalue weighted by Crippen LogP contribution is 2.38. The molecule has 3 aliphatic heterocycles. The third-order valence-electron chi connectivity index (χ3n) is 16.7. The van der Waals surface area contributed by atoms with Gasteiger partial charge in [-0.25, -0.2) is 37.3 Å². The number of aromatic nitrogens is 9. The fourth-order valence-electron chi connectivity index (χ4n) is 11.9. The zero-order valence-corrected chi connectivity index (χ0v) is 49.5. The number of carbonyl (C=O) groups excluding carboxylic acids is 3. The van der Waals surface area contributed by atoms with Gasteiger partial charge < -0.3 is 62.1 Å². The van der Waals surface area contributed by atoms with E-state index >= 15 is 13.6 Å². The molecule has 3 amide bonds. The molecule has 6 aromatic heterocycles. The topological polar surface area (TPSA) is 365 Å².